The number of halogens is 2. The lowest BCUT2D eigenvalue weighted by molar-refractivity contribution is 0.471. The first kappa shape index (κ1) is 17.3. The summed E-state index contributed by atoms with van der Waals surface area (Å²) >= 11 is 5.24. The molecule has 0 saturated heterocycles. The van der Waals surface area contributed by atoms with E-state index in [-0.39, 0.29) is 22.8 Å². The minimum absolute atomic E-state index is 0.0500. The molecule has 0 heterocycles. The second-order valence-electron chi connectivity index (χ2n) is 5.77. The van der Waals surface area contributed by atoms with Gasteiger partial charge in [0.05, 0.1) is 6.04 Å². The quantitative estimate of drug-likeness (QED) is 0.773. The van der Waals surface area contributed by atoms with Gasteiger partial charge in [-0.05, 0) is 48.3 Å². The molecular weight excluding hydrogens is 314 g/mol. The summed E-state index contributed by atoms with van der Waals surface area (Å²) in [5.74, 6) is -1.10. The molecule has 0 saturated carbocycles. The largest absolute Gasteiger partial charge is 0.355 e. The van der Waals surface area contributed by atoms with Crippen molar-refractivity contribution < 1.29 is 8.78 Å². The highest BCUT2D eigenvalue weighted by Crippen LogP contribution is 2.25. The Balaban J connectivity index is 2.18. The van der Waals surface area contributed by atoms with E-state index in [1.807, 2.05) is 31.2 Å². The number of para-hydroxylation sites is 1. The zero-order chi connectivity index (χ0) is 17.0. The molecule has 0 aliphatic rings. The topological polar surface area (TPSA) is 24.1 Å². The number of nitrogens with one attached hydrogen (secondary N) is 2. The van der Waals surface area contributed by atoms with Gasteiger partial charge in [-0.2, -0.15) is 0 Å². The summed E-state index contributed by atoms with van der Waals surface area (Å²) in [7, 11) is 0. The molecular formula is C18H20F2N2S. The summed E-state index contributed by atoms with van der Waals surface area (Å²) in [5.41, 5.74) is 2.01. The monoisotopic (exact) mass is 334 g/mol. The van der Waals surface area contributed by atoms with Gasteiger partial charge in [-0.25, -0.2) is 8.78 Å². The van der Waals surface area contributed by atoms with Crippen molar-refractivity contribution in [1.29, 1.82) is 0 Å². The van der Waals surface area contributed by atoms with Crippen LogP contribution in [0.3, 0.4) is 0 Å². The van der Waals surface area contributed by atoms with Crippen molar-refractivity contribution in [2.24, 2.45) is 5.92 Å². The van der Waals surface area contributed by atoms with Gasteiger partial charge in [0, 0.05) is 0 Å². The molecule has 1 atom stereocenters. The number of thiocarbonyl (C=S) groups is 1. The highest BCUT2D eigenvalue weighted by atomic mass is 32.1. The smallest absolute Gasteiger partial charge is 0.171 e. The van der Waals surface area contributed by atoms with Crippen molar-refractivity contribution in [3.05, 3.63) is 65.2 Å². The normalized spacial score (nSPS) is 12.1. The van der Waals surface area contributed by atoms with Gasteiger partial charge in [0.15, 0.2) is 5.11 Å². The summed E-state index contributed by atoms with van der Waals surface area (Å²) in [4.78, 5) is 0. The Hall–Kier alpha value is -2.01. The Kier molecular flexibility index (Phi) is 5.66. The van der Waals surface area contributed by atoms with Crippen LogP contribution in [-0.2, 0) is 0 Å². The van der Waals surface area contributed by atoms with Gasteiger partial charge in [0.25, 0.3) is 0 Å². The van der Waals surface area contributed by atoms with E-state index < -0.39 is 11.6 Å². The van der Waals surface area contributed by atoms with Crippen molar-refractivity contribution in [2.75, 3.05) is 5.32 Å². The van der Waals surface area contributed by atoms with E-state index in [0.717, 1.165) is 11.1 Å². The minimum atomic E-state index is -0.675. The Morgan fingerprint density at radius 1 is 1.00 bits per heavy atom. The van der Waals surface area contributed by atoms with Crippen molar-refractivity contribution >= 4 is 23.0 Å². The Bertz CT molecular complexity index is 681. The lowest BCUT2D eigenvalue weighted by atomic mass is 9.93. The first-order chi connectivity index (χ1) is 10.9. The van der Waals surface area contributed by atoms with Gasteiger partial charge in [0.2, 0.25) is 0 Å². The lowest BCUT2D eigenvalue weighted by Gasteiger charge is -2.26. The third-order valence-corrected chi connectivity index (χ3v) is 3.90. The third-order valence-electron chi connectivity index (χ3n) is 3.68. The molecule has 0 radical (unpaired) electrons. The maximum atomic E-state index is 13.7. The Morgan fingerprint density at radius 3 is 2.17 bits per heavy atom. The fourth-order valence-electron chi connectivity index (χ4n) is 2.45. The van der Waals surface area contributed by atoms with Crippen LogP contribution in [-0.4, -0.2) is 5.11 Å². The molecule has 0 bridgehead atoms. The highest BCUT2D eigenvalue weighted by Gasteiger charge is 2.19. The average molecular weight is 334 g/mol. The number of rotatable bonds is 4. The van der Waals surface area contributed by atoms with Crippen molar-refractivity contribution in [3.63, 3.8) is 0 Å². The predicted molar refractivity (Wildman–Crippen MR) is 94.5 cm³/mol. The molecule has 122 valence electrons. The van der Waals surface area contributed by atoms with Crippen LogP contribution in [0, 0.1) is 24.5 Å². The molecule has 0 aromatic heterocycles. The predicted octanol–water partition coefficient (Wildman–Crippen LogP) is 4.96. The molecule has 2 N–H and O–H groups in total. The number of aryl methyl sites for hydroxylation is 1. The van der Waals surface area contributed by atoms with Gasteiger partial charge in [-0.15, -0.1) is 0 Å². The van der Waals surface area contributed by atoms with Crippen LogP contribution in [0.4, 0.5) is 14.5 Å². The molecule has 5 heteroatoms. The molecule has 0 fully saturated rings. The molecule has 2 aromatic rings. The van der Waals surface area contributed by atoms with Crippen LogP contribution in [0.5, 0.6) is 0 Å². The first-order valence-electron chi connectivity index (χ1n) is 7.47. The lowest BCUT2D eigenvalue weighted by Crippen LogP contribution is -2.35. The standard InChI is InChI=1S/C18H20F2N2S/c1-11(2)16(13-8-5-4-7-12(13)3)21-18(23)22-17-14(19)9-6-10-15(17)20/h4-11,16H,1-3H3,(H2,21,22,23). The van der Waals surface area contributed by atoms with Crippen LogP contribution in [0.15, 0.2) is 42.5 Å². The number of anilines is 1. The van der Waals surface area contributed by atoms with Gasteiger partial charge in [0.1, 0.15) is 17.3 Å². The molecule has 0 aliphatic heterocycles. The van der Waals surface area contributed by atoms with Crippen molar-refractivity contribution in [2.45, 2.75) is 26.8 Å². The summed E-state index contributed by atoms with van der Waals surface area (Å²) in [6.07, 6.45) is 0. The molecule has 0 spiro atoms. The second-order valence-corrected chi connectivity index (χ2v) is 6.18. The van der Waals surface area contributed by atoms with Crippen LogP contribution in [0.25, 0.3) is 0 Å². The SMILES string of the molecule is Cc1ccccc1C(NC(=S)Nc1c(F)cccc1F)C(C)C. The Morgan fingerprint density at radius 2 is 1.61 bits per heavy atom. The van der Waals surface area contributed by atoms with Crippen LogP contribution in [0.1, 0.15) is 31.0 Å². The molecule has 1 unspecified atom stereocenters. The second kappa shape index (κ2) is 7.51. The molecule has 2 aromatic carbocycles. The van der Waals surface area contributed by atoms with E-state index in [1.165, 1.54) is 18.2 Å². The number of hydrogen-bond acceptors (Lipinski definition) is 1. The van der Waals surface area contributed by atoms with Crippen molar-refractivity contribution in [3.8, 4) is 0 Å². The Labute approximate surface area is 140 Å². The van der Waals surface area contributed by atoms with E-state index >= 15 is 0 Å². The number of benzene rings is 2. The fraction of sp³-hybridized carbons (Fsp3) is 0.278. The third kappa shape index (κ3) is 4.26. The zero-order valence-electron chi connectivity index (χ0n) is 13.4. The average Bonchev–Trinajstić information content (AvgIpc) is 2.49. The summed E-state index contributed by atoms with van der Waals surface area (Å²) in [6.45, 7) is 6.16. The zero-order valence-corrected chi connectivity index (χ0v) is 14.2. The van der Waals surface area contributed by atoms with E-state index in [4.69, 9.17) is 12.2 Å². The summed E-state index contributed by atoms with van der Waals surface area (Å²) in [5, 5.41) is 5.98. The molecule has 2 rings (SSSR count). The van der Waals surface area contributed by atoms with E-state index in [0.29, 0.717) is 0 Å². The maximum Gasteiger partial charge on any atom is 0.171 e. The highest BCUT2D eigenvalue weighted by molar-refractivity contribution is 7.80. The van der Waals surface area contributed by atoms with E-state index in [9.17, 15) is 8.78 Å². The van der Waals surface area contributed by atoms with Crippen LogP contribution < -0.4 is 10.6 Å². The van der Waals surface area contributed by atoms with Gasteiger partial charge in [-0.1, -0.05) is 44.2 Å². The minimum Gasteiger partial charge on any atom is -0.355 e. The van der Waals surface area contributed by atoms with Crippen molar-refractivity contribution in [1.82, 2.24) is 5.32 Å². The van der Waals surface area contributed by atoms with Gasteiger partial charge < -0.3 is 10.6 Å². The van der Waals surface area contributed by atoms with E-state index in [2.05, 4.69) is 24.5 Å². The van der Waals surface area contributed by atoms with Crippen LogP contribution >= 0.6 is 12.2 Å². The first-order valence-corrected chi connectivity index (χ1v) is 7.88. The molecule has 0 aliphatic carbocycles. The van der Waals surface area contributed by atoms with Gasteiger partial charge >= 0.3 is 0 Å². The molecule has 2 nitrogen and oxygen atoms in total. The summed E-state index contributed by atoms with van der Waals surface area (Å²) < 4.78 is 27.4. The van der Waals surface area contributed by atoms with Crippen LogP contribution in [0.2, 0.25) is 0 Å². The summed E-state index contributed by atoms with van der Waals surface area (Å²) in [6, 6.07) is 11.6. The molecule has 0 amide bonds. The maximum absolute atomic E-state index is 13.7. The molecule has 23 heavy (non-hydrogen) atoms. The van der Waals surface area contributed by atoms with Gasteiger partial charge in [-0.3, -0.25) is 0 Å². The van der Waals surface area contributed by atoms with E-state index in [1.54, 1.807) is 0 Å². The number of hydrogen-bond donors (Lipinski definition) is 2. The fourth-order valence-corrected chi connectivity index (χ4v) is 2.68.